The highest BCUT2D eigenvalue weighted by molar-refractivity contribution is 5.89. The Balaban J connectivity index is 1.79. The molecule has 5 heteroatoms. The second-order valence-electron chi connectivity index (χ2n) is 5.54. The van der Waals surface area contributed by atoms with Gasteiger partial charge in [-0.1, -0.05) is 6.07 Å². The van der Waals surface area contributed by atoms with Crippen molar-refractivity contribution in [3.05, 3.63) is 24.3 Å². The average molecular weight is 291 g/mol. The van der Waals surface area contributed by atoms with Crippen molar-refractivity contribution in [2.45, 2.75) is 32.8 Å². The molecule has 1 saturated heterocycles. The molecule has 1 aliphatic rings. The van der Waals surface area contributed by atoms with Gasteiger partial charge < -0.3 is 20.3 Å². The van der Waals surface area contributed by atoms with Crippen molar-refractivity contribution in [1.29, 1.82) is 0 Å². The minimum absolute atomic E-state index is 0.187. The van der Waals surface area contributed by atoms with Gasteiger partial charge >= 0.3 is 6.03 Å². The Labute approximate surface area is 126 Å². The first-order valence-electron chi connectivity index (χ1n) is 7.66. The van der Waals surface area contributed by atoms with E-state index in [-0.39, 0.29) is 12.1 Å². The van der Waals surface area contributed by atoms with E-state index in [1.807, 2.05) is 32.0 Å². The summed E-state index contributed by atoms with van der Waals surface area (Å²) in [6.45, 7) is 7.19. The Kier molecular flexibility index (Phi) is 5.87. The summed E-state index contributed by atoms with van der Waals surface area (Å²) >= 11 is 0. The van der Waals surface area contributed by atoms with Crippen LogP contribution in [0.5, 0.6) is 0 Å². The van der Waals surface area contributed by atoms with Crippen molar-refractivity contribution in [1.82, 2.24) is 5.32 Å². The predicted octanol–water partition coefficient (Wildman–Crippen LogP) is 2.83. The monoisotopic (exact) mass is 291 g/mol. The second kappa shape index (κ2) is 7.88. The summed E-state index contributed by atoms with van der Waals surface area (Å²) in [5.41, 5.74) is 2.00. The zero-order valence-corrected chi connectivity index (χ0v) is 12.9. The van der Waals surface area contributed by atoms with Crippen LogP contribution in [0.2, 0.25) is 0 Å². The molecule has 21 heavy (non-hydrogen) atoms. The molecule has 1 aromatic carbocycles. The molecule has 0 bridgehead atoms. The van der Waals surface area contributed by atoms with Gasteiger partial charge in [0.2, 0.25) is 0 Å². The lowest BCUT2D eigenvalue weighted by Gasteiger charge is -2.18. The molecule has 5 nitrogen and oxygen atoms in total. The SMILES string of the molecule is CC(C)OCCNC(=O)Nc1cccc(N2CCCC2)c1. The van der Waals surface area contributed by atoms with E-state index in [1.165, 1.54) is 18.5 Å². The number of carbonyl (C=O) groups is 1. The van der Waals surface area contributed by atoms with Gasteiger partial charge in [-0.2, -0.15) is 0 Å². The van der Waals surface area contributed by atoms with E-state index in [2.05, 4.69) is 21.6 Å². The standard InChI is InChI=1S/C16H25N3O2/c1-13(2)21-11-8-17-16(20)18-14-6-5-7-15(12-14)19-9-3-4-10-19/h5-7,12-13H,3-4,8-11H2,1-2H3,(H2,17,18,20). The van der Waals surface area contributed by atoms with Crippen LogP contribution in [0.15, 0.2) is 24.3 Å². The smallest absolute Gasteiger partial charge is 0.319 e. The number of hydrogen-bond donors (Lipinski definition) is 2. The number of nitrogens with zero attached hydrogens (tertiary/aromatic N) is 1. The molecule has 0 spiro atoms. The van der Waals surface area contributed by atoms with Gasteiger partial charge in [-0.3, -0.25) is 0 Å². The maximum absolute atomic E-state index is 11.8. The first kappa shape index (κ1) is 15.6. The summed E-state index contributed by atoms with van der Waals surface area (Å²) in [7, 11) is 0. The molecule has 1 aliphatic heterocycles. The molecule has 2 rings (SSSR count). The topological polar surface area (TPSA) is 53.6 Å². The Morgan fingerprint density at radius 2 is 2.10 bits per heavy atom. The van der Waals surface area contributed by atoms with Gasteiger partial charge in [-0.15, -0.1) is 0 Å². The van der Waals surface area contributed by atoms with Crippen LogP contribution in [-0.2, 0) is 4.74 Å². The molecular formula is C16H25N3O2. The van der Waals surface area contributed by atoms with Crippen LogP contribution >= 0.6 is 0 Å². The molecule has 2 N–H and O–H groups in total. The quantitative estimate of drug-likeness (QED) is 0.792. The molecule has 1 heterocycles. The minimum Gasteiger partial charge on any atom is -0.377 e. The Morgan fingerprint density at radius 1 is 1.33 bits per heavy atom. The van der Waals surface area contributed by atoms with Crippen LogP contribution in [0.4, 0.5) is 16.2 Å². The third-order valence-electron chi connectivity index (χ3n) is 3.41. The molecule has 0 aromatic heterocycles. The van der Waals surface area contributed by atoms with E-state index >= 15 is 0 Å². The van der Waals surface area contributed by atoms with E-state index in [9.17, 15) is 4.79 Å². The molecule has 0 atom stereocenters. The molecule has 2 amide bonds. The molecule has 1 aromatic rings. The number of benzene rings is 1. The van der Waals surface area contributed by atoms with E-state index in [1.54, 1.807) is 0 Å². The van der Waals surface area contributed by atoms with Crippen molar-refractivity contribution < 1.29 is 9.53 Å². The minimum atomic E-state index is -0.194. The van der Waals surface area contributed by atoms with Crippen molar-refractivity contribution in [2.24, 2.45) is 0 Å². The molecule has 0 unspecified atom stereocenters. The van der Waals surface area contributed by atoms with Gasteiger partial charge in [0.25, 0.3) is 0 Å². The molecule has 0 radical (unpaired) electrons. The molecule has 0 aliphatic carbocycles. The third-order valence-corrected chi connectivity index (χ3v) is 3.41. The lowest BCUT2D eigenvalue weighted by molar-refractivity contribution is 0.0820. The molecule has 1 fully saturated rings. The summed E-state index contributed by atoms with van der Waals surface area (Å²) in [5.74, 6) is 0. The largest absolute Gasteiger partial charge is 0.377 e. The number of hydrogen-bond acceptors (Lipinski definition) is 3. The van der Waals surface area contributed by atoms with Gasteiger partial charge in [-0.05, 0) is 44.9 Å². The van der Waals surface area contributed by atoms with E-state index in [0.717, 1.165) is 18.8 Å². The van der Waals surface area contributed by atoms with Gasteiger partial charge in [-0.25, -0.2) is 4.79 Å². The fourth-order valence-corrected chi connectivity index (χ4v) is 2.39. The summed E-state index contributed by atoms with van der Waals surface area (Å²) < 4.78 is 5.38. The summed E-state index contributed by atoms with van der Waals surface area (Å²) in [5, 5.41) is 5.65. The lowest BCUT2D eigenvalue weighted by Crippen LogP contribution is -2.32. The number of carbonyl (C=O) groups excluding carboxylic acids is 1. The maximum atomic E-state index is 11.8. The van der Waals surface area contributed by atoms with Crippen LogP contribution in [-0.4, -0.2) is 38.4 Å². The fourth-order valence-electron chi connectivity index (χ4n) is 2.39. The first-order chi connectivity index (χ1) is 10.1. The van der Waals surface area contributed by atoms with Crippen molar-refractivity contribution in [3.63, 3.8) is 0 Å². The number of nitrogens with one attached hydrogen (secondary N) is 2. The molecule has 116 valence electrons. The number of ether oxygens (including phenoxy) is 1. The number of anilines is 2. The third kappa shape index (κ3) is 5.27. The van der Waals surface area contributed by atoms with Gasteiger partial charge in [0.15, 0.2) is 0 Å². The maximum Gasteiger partial charge on any atom is 0.319 e. The van der Waals surface area contributed by atoms with E-state index in [0.29, 0.717) is 13.2 Å². The van der Waals surface area contributed by atoms with Crippen molar-refractivity contribution in [3.8, 4) is 0 Å². The Morgan fingerprint density at radius 3 is 2.81 bits per heavy atom. The number of amides is 2. The highest BCUT2D eigenvalue weighted by Crippen LogP contribution is 2.23. The van der Waals surface area contributed by atoms with Gasteiger partial charge in [0, 0.05) is 31.0 Å². The Bertz CT molecular complexity index is 457. The van der Waals surface area contributed by atoms with E-state index in [4.69, 9.17) is 4.74 Å². The fraction of sp³-hybridized carbons (Fsp3) is 0.562. The summed E-state index contributed by atoms with van der Waals surface area (Å²) in [6, 6.07) is 7.80. The molecular weight excluding hydrogens is 266 g/mol. The van der Waals surface area contributed by atoms with Crippen LogP contribution in [0.1, 0.15) is 26.7 Å². The highest BCUT2D eigenvalue weighted by Gasteiger charge is 2.12. The zero-order valence-electron chi connectivity index (χ0n) is 12.9. The van der Waals surface area contributed by atoms with Crippen LogP contribution in [0, 0.1) is 0 Å². The number of rotatable bonds is 6. The highest BCUT2D eigenvalue weighted by atomic mass is 16.5. The summed E-state index contributed by atoms with van der Waals surface area (Å²) in [4.78, 5) is 14.1. The zero-order chi connectivity index (χ0) is 15.1. The average Bonchev–Trinajstić information content (AvgIpc) is 2.98. The van der Waals surface area contributed by atoms with Gasteiger partial charge in [0.05, 0.1) is 12.7 Å². The van der Waals surface area contributed by atoms with Crippen LogP contribution < -0.4 is 15.5 Å². The molecule has 0 saturated carbocycles. The normalized spacial score (nSPS) is 14.5. The van der Waals surface area contributed by atoms with Crippen molar-refractivity contribution >= 4 is 17.4 Å². The Hall–Kier alpha value is -1.75. The van der Waals surface area contributed by atoms with E-state index < -0.39 is 0 Å². The predicted molar refractivity (Wildman–Crippen MR) is 86.0 cm³/mol. The van der Waals surface area contributed by atoms with Crippen LogP contribution in [0.3, 0.4) is 0 Å². The van der Waals surface area contributed by atoms with Crippen LogP contribution in [0.25, 0.3) is 0 Å². The summed E-state index contributed by atoms with van der Waals surface area (Å²) in [6.07, 6.45) is 2.68. The lowest BCUT2D eigenvalue weighted by atomic mass is 10.2. The first-order valence-corrected chi connectivity index (χ1v) is 7.66. The van der Waals surface area contributed by atoms with Gasteiger partial charge in [0.1, 0.15) is 0 Å². The number of urea groups is 1. The van der Waals surface area contributed by atoms with Crippen molar-refractivity contribution in [2.75, 3.05) is 36.5 Å². The second-order valence-corrected chi connectivity index (χ2v) is 5.54.